The Morgan fingerprint density at radius 2 is 1.86 bits per heavy atom. The number of carbonyl (C=O) groups excluding carboxylic acids is 2. The van der Waals surface area contributed by atoms with E-state index >= 15 is 0 Å². The molecule has 0 aliphatic heterocycles. The zero-order chi connectivity index (χ0) is 21.1. The molecule has 0 fully saturated rings. The number of hydrogen-bond donors (Lipinski definition) is 0. The third-order valence-electron chi connectivity index (χ3n) is 5.15. The number of ketones is 1. The largest absolute Gasteiger partial charge is 0.465 e. The standard InChI is InChI=1S/C24H26ClNO3/c1-5-8-18-21(13-16-9-6-7-10-19(16)25)26-14-17(24(28)29-4)11-12-20(26)22(18)23(27)15(2)3/h6-7,9-12,14-15H,5,8,13H2,1-4H3. The number of halogens is 1. The van der Waals surface area contributed by atoms with E-state index in [-0.39, 0.29) is 11.7 Å². The molecule has 0 aliphatic carbocycles. The maximum absolute atomic E-state index is 13.1. The molecule has 0 saturated heterocycles. The first kappa shape index (κ1) is 21.1. The zero-order valence-electron chi connectivity index (χ0n) is 17.3. The van der Waals surface area contributed by atoms with E-state index in [2.05, 4.69) is 6.92 Å². The molecule has 0 radical (unpaired) electrons. The molecule has 0 spiro atoms. The van der Waals surface area contributed by atoms with Gasteiger partial charge in [0, 0.05) is 34.8 Å². The minimum absolute atomic E-state index is 0.113. The predicted molar refractivity (Wildman–Crippen MR) is 116 cm³/mol. The minimum atomic E-state index is -0.405. The van der Waals surface area contributed by atoms with Gasteiger partial charge in [-0.05, 0) is 35.7 Å². The molecule has 29 heavy (non-hydrogen) atoms. The van der Waals surface area contributed by atoms with E-state index in [4.69, 9.17) is 16.3 Å². The topological polar surface area (TPSA) is 47.8 Å². The van der Waals surface area contributed by atoms with Crippen LogP contribution in [0.25, 0.3) is 5.52 Å². The number of fused-ring (bicyclic) bond motifs is 1. The quantitative estimate of drug-likeness (QED) is 0.366. The first-order chi connectivity index (χ1) is 13.9. The number of carbonyl (C=O) groups is 2. The molecule has 0 saturated carbocycles. The van der Waals surface area contributed by atoms with Gasteiger partial charge in [0.1, 0.15) is 0 Å². The molecule has 0 unspecified atom stereocenters. The first-order valence-electron chi connectivity index (χ1n) is 9.90. The van der Waals surface area contributed by atoms with Crippen molar-refractivity contribution in [2.45, 2.75) is 40.0 Å². The first-order valence-corrected chi connectivity index (χ1v) is 10.3. The van der Waals surface area contributed by atoms with Gasteiger partial charge in [-0.2, -0.15) is 0 Å². The normalized spacial score (nSPS) is 11.2. The molecule has 5 heteroatoms. The monoisotopic (exact) mass is 411 g/mol. The molecular formula is C24H26ClNO3. The van der Waals surface area contributed by atoms with Gasteiger partial charge in [-0.15, -0.1) is 0 Å². The van der Waals surface area contributed by atoms with Crippen molar-refractivity contribution >= 4 is 28.9 Å². The number of pyridine rings is 1. The molecule has 2 aromatic heterocycles. The fourth-order valence-corrected chi connectivity index (χ4v) is 3.91. The second-order valence-corrected chi connectivity index (χ2v) is 7.91. The van der Waals surface area contributed by atoms with Gasteiger partial charge in [0.2, 0.25) is 0 Å². The molecule has 0 atom stereocenters. The van der Waals surface area contributed by atoms with Crippen LogP contribution in [0.15, 0.2) is 42.6 Å². The summed E-state index contributed by atoms with van der Waals surface area (Å²) in [6, 6.07) is 11.3. The zero-order valence-corrected chi connectivity index (χ0v) is 18.0. The molecule has 3 aromatic rings. The summed E-state index contributed by atoms with van der Waals surface area (Å²) in [5, 5.41) is 0.686. The van der Waals surface area contributed by atoms with Gasteiger partial charge >= 0.3 is 5.97 Å². The van der Waals surface area contributed by atoms with Gasteiger partial charge < -0.3 is 9.14 Å². The van der Waals surface area contributed by atoms with Crippen LogP contribution in [0, 0.1) is 5.92 Å². The number of rotatable bonds is 7. The third kappa shape index (κ3) is 4.08. The molecule has 0 aliphatic rings. The molecule has 0 N–H and O–H groups in total. The van der Waals surface area contributed by atoms with Crippen molar-refractivity contribution in [3.63, 3.8) is 0 Å². The number of nitrogens with zero attached hydrogens (tertiary/aromatic N) is 1. The lowest BCUT2D eigenvalue weighted by molar-refractivity contribution is 0.0600. The summed E-state index contributed by atoms with van der Waals surface area (Å²) >= 11 is 6.43. The van der Waals surface area contributed by atoms with Gasteiger partial charge in [0.25, 0.3) is 0 Å². The summed E-state index contributed by atoms with van der Waals surface area (Å²) < 4.78 is 6.86. The fraction of sp³-hybridized carbons (Fsp3) is 0.333. The lowest BCUT2D eigenvalue weighted by atomic mass is 9.94. The van der Waals surface area contributed by atoms with Crippen LogP contribution >= 0.6 is 11.6 Å². The van der Waals surface area contributed by atoms with E-state index in [1.807, 2.05) is 48.6 Å². The van der Waals surface area contributed by atoms with Gasteiger partial charge in [-0.3, -0.25) is 4.79 Å². The van der Waals surface area contributed by atoms with E-state index < -0.39 is 5.97 Å². The average molecular weight is 412 g/mol. The van der Waals surface area contributed by atoms with Crippen LogP contribution in [-0.2, 0) is 17.6 Å². The maximum Gasteiger partial charge on any atom is 0.339 e. The Morgan fingerprint density at radius 3 is 2.48 bits per heavy atom. The highest BCUT2D eigenvalue weighted by Gasteiger charge is 2.25. The van der Waals surface area contributed by atoms with Crippen molar-refractivity contribution in [2.24, 2.45) is 5.92 Å². The number of esters is 1. The Hall–Kier alpha value is -2.59. The van der Waals surface area contributed by atoms with Crippen LogP contribution < -0.4 is 0 Å². The Bertz CT molecular complexity index is 1070. The second kappa shape index (κ2) is 8.83. The number of aromatic nitrogens is 1. The molecule has 4 nitrogen and oxygen atoms in total. The Morgan fingerprint density at radius 1 is 1.14 bits per heavy atom. The summed E-state index contributed by atoms with van der Waals surface area (Å²) in [5.41, 5.74) is 5.03. The smallest absolute Gasteiger partial charge is 0.339 e. The van der Waals surface area contributed by atoms with Crippen LogP contribution in [0.3, 0.4) is 0 Å². The highest BCUT2D eigenvalue weighted by atomic mass is 35.5. The van der Waals surface area contributed by atoms with Gasteiger partial charge in [0.15, 0.2) is 5.78 Å². The van der Waals surface area contributed by atoms with Crippen LogP contribution in [0.5, 0.6) is 0 Å². The molecule has 3 rings (SSSR count). The van der Waals surface area contributed by atoms with Crippen molar-refractivity contribution in [2.75, 3.05) is 7.11 Å². The molecule has 2 heterocycles. The summed E-state index contributed by atoms with van der Waals surface area (Å²) in [4.78, 5) is 25.2. The van der Waals surface area contributed by atoms with Crippen LogP contribution in [0.1, 0.15) is 64.7 Å². The van der Waals surface area contributed by atoms with Gasteiger partial charge in [-0.25, -0.2) is 4.79 Å². The van der Waals surface area contributed by atoms with Crippen molar-refractivity contribution in [1.82, 2.24) is 4.40 Å². The number of methoxy groups -OCH3 is 1. The second-order valence-electron chi connectivity index (χ2n) is 7.50. The van der Waals surface area contributed by atoms with Gasteiger partial charge in [-0.1, -0.05) is 57.0 Å². The number of ether oxygens (including phenoxy) is 1. The van der Waals surface area contributed by atoms with E-state index in [9.17, 15) is 9.59 Å². The highest BCUT2D eigenvalue weighted by molar-refractivity contribution is 6.31. The van der Waals surface area contributed by atoms with E-state index in [1.165, 1.54) is 7.11 Å². The summed E-state index contributed by atoms with van der Waals surface area (Å²) in [7, 11) is 1.36. The summed E-state index contributed by atoms with van der Waals surface area (Å²) in [6.07, 6.45) is 4.03. The third-order valence-corrected chi connectivity index (χ3v) is 5.52. The number of hydrogen-bond acceptors (Lipinski definition) is 3. The lowest BCUT2D eigenvalue weighted by Gasteiger charge is -2.10. The van der Waals surface area contributed by atoms with Crippen LogP contribution in [0.2, 0.25) is 5.02 Å². The predicted octanol–water partition coefficient (Wildman–Crippen LogP) is 5.76. The summed E-state index contributed by atoms with van der Waals surface area (Å²) in [6.45, 7) is 5.93. The van der Waals surface area contributed by atoms with E-state index in [0.717, 1.165) is 40.7 Å². The summed E-state index contributed by atoms with van der Waals surface area (Å²) in [5.74, 6) is -0.412. The van der Waals surface area contributed by atoms with E-state index in [0.29, 0.717) is 17.0 Å². The van der Waals surface area contributed by atoms with Crippen molar-refractivity contribution < 1.29 is 14.3 Å². The molecule has 1 aromatic carbocycles. The lowest BCUT2D eigenvalue weighted by Crippen LogP contribution is -2.10. The van der Waals surface area contributed by atoms with Crippen LogP contribution in [-0.4, -0.2) is 23.3 Å². The Kier molecular flexibility index (Phi) is 6.43. The fourth-order valence-electron chi connectivity index (χ4n) is 3.71. The van der Waals surface area contributed by atoms with Crippen molar-refractivity contribution in [3.05, 3.63) is 75.6 Å². The Balaban J connectivity index is 2.32. The van der Waals surface area contributed by atoms with E-state index in [1.54, 1.807) is 12.3 Å². The minimum Gasteiger partial charge on any atom is -0.465 e. The molecule has 0 bridgehead atoms. The highest BCUT2D eigenvalue weighted by Crippen LogP contribution is 2.31. The number of benzene rings is 1. The SMILES string of the molecule is CCCc1c(C(=O)C(C)C)c2ccc(C(=O)OC)cn2c1Cc1ccccc1Cl. The maximum atomic E-state index is 13.1. The molecule has 0 amide bonds. The number of Topliss-reactive ketones (excluding diaryl/α,β-unsaturated/α-hetero) is 1. The average Bonchev–Trinajstić information content (AvgIpc) is 3.01. The Labute approximate surface area is 176 Å². The van der Waals surface area contributed by atoms with Gasteiger partial charge in [0.05, 0.1) is 18.2 Å². The van der Waals surface area contributed by atoms with Crippen LogP contribution in [0.4, 0.5) is 0 Å². The molecule has 152 valence electrons. The molecular weight excluding hydrogens is 386 g/mol. The van der Waals surface area contributed by atoms with Crippen molar-refractivity contribution in [3.8, 4) is 0 Å². The van der Waals surface area contributed by atoms with Crippen molar-refractivity contribution in [1.29, 1.82) is 0 Å².